The van der Waals surface area contributed by atoms with Gasteiger partial charge in [0.1, 0.15) is 35.8 Å². The Morgan fingerprint density at radius 3 is 2.04 bits per heavy atom. The van der Waals surface area contributed by atoms with Crippen molar-refractivity contribution < 1.29 is 36.9 Å². The topological polar surface area (TPSA) is 46.2 Å². The van der Waals surface area contributed by atoms with Crippen LogP contribution in [0.5, 0.6) is 0 Å². The molecular formula is C15H23F3O5S. The van der Waals surface area contributed by atoms with Gasteiger partial charge in [-0.1, -0.05) is 0 Å². The molecule has 3 heterocycles. The van der Waals surface area contributed by atoms with Gasteiger partial charge in [0, 0.05) is 0 Å². The minimum absolute atomic E-state index is 0.239. The number of ether oxygens (including phenoxy) is 5. The van der Waals surface area contributed by atoms with Crippen LogP contribution in [0, 0.1) is 5.92 Å². The van der Waals surface area contributed by atoms with Crippen LogP contribution in [0.4, 0.5) is 13.2 Å². The van der Waals surface area contributed by atoms with E-state index in [4.69, 9.17) is 23.7 Å². The second-order valence-corrected chi connectivity index (χ2v) is 8.14. The maximum atomic E-state index is 13.6. The Hall–Kier alpha value is -0.0600. The molecular weight excluding hydrogens is 349 g/mol. The van der Waals surface area contributed by atoms with Gasteiger partial charge < -0.3 is 23.7 Å². The zero-order valence-electron chi connectivity index (χ0n) is 14.3. The van der Waals surface area contributed by atoms with E-state index in [1.165, 1.54) is 0 Å². The van der Waals surface area contributed by atoms with E-state index in [0.29, 0.717) is 0 Å². The highest BCUT2D eigenvalue weighted by Gasteiger charge is 2.64. The molecule has 3 aliphatic heterocycles. The zero-order chi connectivity index (χ0) is 17.9. The van der Waals surface area contributed by atoms with Crippen molar-refractivity contribution in [2.75, 3.05) is 12.9 Å². The summed E-state index contributed by atoms with van der Waals surface area (Å²) in [5.74, 6) is -3.66. The molecule has 0 aromatic rings. The molecule has 0 bridgehead atoms. The smallest absolute Gasteiger partial charge is 0.358 e. The van der Waals surface area contributed by atoms with Crippen LogP contribution < -0.4 is 0 Å². The third-order valence-corrected chi connectivity index (χ3v) is 5.30. The lowest BCUT2D eigenvalue weighted by Gasteiger charge is -2.43. The van der Waals surface area contributed by atoms with Crippen molar-refractivity contribution in [3.8, 4) is 0 Å². The third kappa shape index (κ3) is 3.43. The van der Waals surface area contributed by atoms with Gasteiger partial charge >= 0.3 is 6.18 Å². The van der Waals surface area contributed by atoms with Gasteiger partial charge in [-0.15, -0.1) is 11.8 Å². The van der Waals surface area contributed by atoms with E-state index in [-0.39, 0.29) is 6.61 Å². The van der Waals surface area contributed by atoms with Crippen molar-refractivity contribution in [2.24, 2.45) is 5.92 Å². The highest BCUT2D eigenvalue weighted by atomic mass is 32.2. The summed E-state index contributed by atoms with van der Waals surface area (Å²) in [6.45, 7) is 6.98. The van der Waals surface area contributed by atoms with Crippen LogP contribution >= 0.6 is 11.8 Å². The first kappa shape index (κ1) is 18.7. The SMILES string of the molecule is CS[C@@H]1O[C@H]([C@H]2COC(C)(C)O2)[C@@H]2OC(C)(C)O[C@@H]2[C@H]1C(F)(F)F. The van der Waals surface area contributed by atoms with E-state index in [1.807, 2.05) is 0 Å². The Morgan fingerprint density at radius 2 is 1.54 bits per heavy atom. The van der Waals surface area contributed by atoms with E-state index in [0.717, 1.165) is 11.8 Å². The number of alkyl halides is 3. The predicted octanol–water partition coefficient (Wildman–Crippen LogP) is 2.92. The molecule has 0 aliphatic carbocycles. The number of hydrogen-bond acceptors (Lipinski definition) is 6. The summed E-state index contributed by atoms with van der Waals surface area (Å²) < 4.78 is 69.4. The van der Waals surface area contributed by atoms with Gasteiger partial charge in [-0.25, -0.2) is 0 Å². The lowest BCUT2D eigenvalue weighted by Crippen LogP contribution is -2.60. The summed E-state index contributed by atoms with van der Waals surface area (Å²) in [6.07, 6.45) is -6.04. The lowest BCUT2D eigenvalue weighted by atomic mass is 9.89. The molecule has 0 saturated carbocycles. The second kappa shape index (κ2) is 5.99. The summed E-state index contributed by atoms with van der Waals surface area (Å²) in [4.78, 5) is 0. The Balaban J connectivity index is 1.90. The highest BCUT2D eigenvalue weighted by molar-refractivity contribution is 7.99. The van der Waals surface area contributed by atoms with Crippen LogP contribution in [0.2, 0.25) is 0 Å². The number of thioether (sulfide) groups is 1. The lowest BCUT2D eigenvalue weighted by molar-refractivity contribution is -0.265. The average molecular weight is 372 g/mol. The minimum Gasteiger partial charge on any atom is -0.358 e. The fourth-order valence-electron chi connectivity index (χ4n) is 3.54. The fraction of sp³-hybridized carbons (Fsp3) is 1.00. The Morgan fingerprint density at radius 1 is 0.917 bits per heavy atom. The standard InChI is InChI=1S/C15H23F3O5S/c1-13(2)19-6-7(21-13)9-11-10(22-14(3,4)23-11)8(15(16,17)18)12(20-9)24-5/h7-12H,6H2,1-5H3/t7-,8-,9-,10-,11+,12+/m1/s1. The molecule has 140 valence electrons. The molecule has 0 N–H and O–H groups in total. The van der Waals surface area contributed by atoms with E-state index in [2.05, 4.69) is 0 Å². The van der Waals surface area contributed by atoms with Crippen LogP contribution in [0.15, 0.2) is 0 Å². The van der Waals surface area contributed by atoms with Gasteiger partial charge in [0.15, 0.2) is 11.6 Å². The molecule has 0 spiro atoms. The predicted molar refractivity (Wildman–Crippen MR) is 80.5 cm³/mol. The molecule has 9 heteroatoms. The van der Waals surface area contributed by atoms with E-state index < -0.39 is 53.5 Å². The first-order valence-electron chi connectivity index (χ1n) is 7.86. The molecule has 0 unspecified atom stereocenters. The quantitative estimate of drug-likeness (QED) is 0.743. The van der Waals surface area contributed by atoms with Crippen molar-refractivity contribution in [2.45, 2.75) is 75.3 Å². The van der Waals surface area contributed by atoms with Crippen molar-refractivity contribution in [3.63, 3.8) is 0 Å². The fourth-order valence-corrected chi connectivity index (χ4v) is 4.38. The Bertz CT molecular complexity index is 484. The van der Waals surface area contributed by atoms with Crippen LogP contribution in [0.25, 0.3) is 0 Å². The molecule has 6 atom stereocenters. The van der Waals surface area contributed by atoms with Gasteiger partial charge in [0.25, 0.3) is 0 Å². The number of halogens is 3. The molecule has 3 saturated heterocycles. The van der Waals surface area contributed by atoms with Gasteiger partial charge in [0.05, 0.1) is 6.61 Å². The number of fused-ring (bicyclic) bond motifs is 1. The summed E-state index contributed by atoms with van der Waals surface area (Å²) >= 11 is 1.02. The molecule has 0 amide bonds. The largest absolute Gasteiger partial charge is 0.397 e. The second-order valence-electron chi connectivity index (χ2n) is 7.20. The molecule has 3 fully saturated rings. The van der Waals surface area contributed by atoms with E-state index >= 15 is 0 Å². The summed E-state index contributed by atoms with van der Waals surface area (Å²) in [5.41, 5.74) is -1.08. The Labute approximate surface area is 143 Å². The van der Waals surface area contributed by atoms with Crippen LogP contribution in [0.3, 0.4) is 0 Å². The minimum atomic E-state index is -4.45. The van der Waals surface area contributed by atoms with Crippen LogP contribution in [-0.4, -0.2) is 60.5 Å². The average Bonchev–Trinajstić information content (AvgIpc) is 2.93. The molecule has 0 aromatic heterocycles. The van der Waals surface area contributed by atoms with Gasteiger partial charge in [0.2, 0.25) is 0 Å². The van der Waals surface area contributed by atoms with Gasteiger partial charge in [-0.2, -0.15) is 13.2 Å². The molecule has 0 aromatic carbocycles. The van der Waals surface area contributed by atoms with E-state index in [1.54, 1.807) is 34.0 Å². The number of hydrogen-bond donors (Lipinski definition) is 0. The van der Waals surface area contributed by atoms with Crippen molar-refractivity contribution in [3.05, 3.63) is 0 Å². The van der Waals surface area contributed by atoms with Crippen molar-refractivity contribution >= 4 is 11.8 Å². The van der Waals surface area contributed by atoms with Crippen molar-refractivity contribution in [1.82, 2.24) is 0 Å². The highest BCUT2D eigenvalue weighted by Crippen LogP contribution is 2.50. The van der Waals surface area contributed by atoms with Gasteiger partial charge in [-0.3, -0.25) is 0 Å². The van der Waals surface area contributed by atoms with Gasteiger partial charge in [-0.05, 0) is 34.0 Å². The molecule has 3 rings (SSSR count). The first-order valence-corrected chi connectivity index (χ1v) is 9.15. The third-order valence-electron chi connectivity index (χ3n) is 4.43. The molecule has 24 heavy (non-hydrogen) atoms. The summed E-state index contributed by atoms with van der Waals surface area (Å²) in [6, 6.07) is 0. The number of rotatable bonds is 2. The normalized spacial score (nSPS) is 44.5. The van der Waals surface area contributed by atoms with Crippen LogP contribution in [-0.2, 0) is 23.7 Å². The van der Waals surface area contributed by atoms with Crippen LogP contribution in [0.1, 0.15) is 27.7 Å². The summed E-state index contributed by atoms with van der Waals surface area (Å²) in [7, 11) is 0. The molecule has 0 radical (unpaired) electrons. The maximum Gasteiger partial charge on any atom is 0.397 e. The van der Waals surface area contributed by atoms with E-state index in [9.17, 15) is 13.2 Å². The molecule has 3 aliphatic rings. The summed E-state index contributed by atoms with van der Waals surface area (Å²) in [5, 5.41) is 0. The van der Waals surface area contributed by atoms with Crippen molar-refractivity contribution in [1.29, 1.82) is 0 Å². The zero-order valence-corrected chi connectivity index (χ0v) is 15.1. The first-order chi connectivity index (χ1) is 10.9. The monoisotopic (exact) mass is 372 g/mol. The Kier molecular flexibility index (Phi) is 4.67. The molecule has 5 nitrogen and oxygen atoms in total. The maximum absolute atomic E-state index is 13.6.